The summed E-state index contributed by atoms with van der Waals surface area (Å²) in [6.45, 7) is 7.51. The van der Waals surface area contributed by atoms with Crippen molar-refractivity contribution >= 4 is 24.4 Å². The van der Waals surface area contributed by atoms with Gasteiger partial charge in [-0.1, -0.05) is 94.3 Å². The number of nitrogens with one attached hydrogen (secondary N) is 4. The van der Waals surface area contributed by atoms with E-state index in [0.717, 1.165) is 49.6 Å². The number of alkyl carbamates (subject to hydrolysis) is 2. The predicted molar refractivity (Wildman–Crippen MR) is 162 cm³/mol. The topological polar surface area (TPSA) is 135 Å². The second-order valence-electron chi connectivity index (χ2n) is 10.7. The molecule has 0 aromatic heterocycles. The van der Waals surface area contributed by atoms with Gasteiger partial charge in [0.2, 0.25) is 5.91 Å². The maximum atomic E-state index is 13.1. The minimum atomic E-state index is -0.833. The lowest BCUT2D eigenvalue weighted by atomic mass is 10.0. The molecule has 0 aliphatic heterocycles. The molecule has 0 fully saturated rings. The van der Waals surface area contributed by atoms with Crippen molar-refractivity contribution in [1.29, 1.82) is 0 Å². The van der Waals surface area contributed by atoms with Crippen molar-refractivity contribution in [3.05, 3.63) is 71.8 Å². The second-order valence-corrected chi connectivity index (χ2v) is 10.7. The third kappa shape index (κ3) is 14.2. The van der Waals surface area contributed by atoms with Crippen LogP contribution in [0.1, 0.15) is 57.6 Å². The highest BCUT2D eigenvalue weighted by atomic mass is 16.6. The Morgan fingerprint density at radius 1 is 0.738 bits per heavy atom. The van der Waals surface area contributed by atoms with E-state index in [1.807, 2.05) is 81.4 Å². The van der Waals surface area contributed by atoms with Crippen LogP contribution in [0.5, 0.6) is 0 Å². The average molecular weight is 583 g/mol. The molecule has 1 unspecified atom stereocenters. The van der Waals surface area contributed by atoms with Crippen molar-refractivity contribution in [1.82, 2.24) is 21.3 Å². The van der Waals surface area contributed by atoms with Crippen LogP contribution < -0.4 is 21.3 Å². The van der Waals surface area contributed by atoms with Crippen molar-refractivity contribution in [2.24, 2.45) is 11.8 Å². The SMILES string of the molecule is CC(CNC(=O)OCc1ccccc1)[C@H](NCCCCCCN[C@H](C=O)C(C)C)C(=O)NC(=O)OCc1ccccc1. The molecule has 0 radical (unpaired) electrons. The zero-order valence-electron chi connectivity index (χ0n) is 25.0. The largest absolute Gasteiger partial charge is 0.445 e. The number of aldehydes is 1. The number of hydrogen-bond acceptors (Lipinski definition) is 8. The van der Waals surface area contributed by atoms with Crippen LogP contribution in [0.4, 0.5) is 9.59 Å². The summed E-state index contributed by atoms with van der Waals surface area (Å²) < 4.78 is 10.5. The third-order valence-electron chi connectivity index (χ3n) is 6.78. The summed E-state index contributed by atoms with van der Waals surface area (Å²) in [5, 5.41) is 11.5. The highest BCUT2D eigenvalue weighted by Gasteiger charge is 2.27. The lowest BCUT2D eigenvalue weighted by Crippen LogP contribution is -2.52. The van der Waals surface area contributed by atoms with E-state index in [9.17, 15) is 19.2 Å². The summed E-state index contributed by atoms with van der Waals surface area (Å²) in [5.74, 6) is -0.623. The molecule has 10 heteroatoms. The molecular formula is C32H46N4O6. The Kier molecular flexibility index (Phi) is 16.5. The number of imide groups is 1. The van der Waals surface area contributed by atoms with Gasteiger partial charge in [0.25, 0.3) is 0 Å². The number of unbranched alkanes of at least 4 members (excludes halogenated alkanes) is 3. The van der Waals surface area contributed by atoms with Crippen LogP contribution in [0.2, 0.25) is 0 Å². The van der Waals surface area contributed by atoms with Crippen LogP contribution in [0.3, 0.4) is 0 Å². The van der Waals surface area contributed by atoms with Crippen molar-refractivity contribution in [3.8, 4) is 0 Å². The molecule has 3 amide bonds. The Morgan fingerprint density at radius 3 is 1.79 bits per heavy atom. The fraction of sp³-hybridized carbons (Fsp3) is 0.500. The first-order valence-corrected chi connectivity index (χ1v) is 14.7. The fourth-order valence-corrected chi connectivity index (χ4v) is 4.20. The predicted octanol–water partition coefficient (Wildman–Crippen LogP) is 4.33. The number of hydrogen-bond donors (Lipinski definition) is 4. The summed E-state index contributed by atoms with van der Waals surface area (Å²) >= 11 is 0. The molecule has 0 aliphatic rings. The lowest BCUT2D eigenvalue weighted by Gasteiger charge is -2.24. The van der Waals surface area contributed by atoms with E-state index in [0.29, 0.717) is 6.54 Å². The quantitative estimate of drug-likeness (QED) is 0.142. The van der Waals surface area contributed by atoms with Crippen molar-refractivity contribution in [3.63, 3.8) is 0 Å². The summed E-state index contributed by atoms with van der Waals surface area (Å²) in [6, 6.07) is 17.7. The van der Waals surface area contributed by atoms with Gasteiger partial charge >= 0.3 is 12.2 Å². The number of ether oxygens (including phenoxy) is 2. The molecule has 0 aliphatic carbocycles. The van der Waals surface area contributed by atoms with Crippen molar-refractivity contribution in [2.45, 2.75) is 71.8 Å². The van der Waals surface area contributed by atoms with Gasteiger partial charge in [0, 0.05) is 6.54 Å². The maximum absolute atomic E-state index is 13.1. The highest BCUT2D eigenvalue weighted by molar-refractivity contribution is 5.95. The maximum Gasteiger partial charge on any atom is 0.414 e. The zero-order valence-corrected chi connectivity index (χ0v) is 25.0. The Hall–Kier alpha value is -3.76. The summed E-state index contributed by atoms with van der Waals surface area (Å²) in [6.07, 6.45) is 3.22. The smallest absolute Gasteiger partial charge is 0.414 e. The summed E-state index contributed by atoms with van der Waals surface area (Å²) in [5.41, 5.74) is 1.68. The Morgan fingerprint density at radius 2 is 1.26 bits per heavy atom. The van der Waals surface area contributed by atoms with Crippen LogP contribution in [0.15, 0.2) is 60.7 Å². The molecule has 2 aromatic carbocycles. The highest BCUT2D eigenvalue weighted by Crippen LogP contribution is 2.07. The number of amides is 3. The van der Waals surface area contributed by atoms with Gasteiger partial charge in [-0.05, 0) is 48.9 Å². The van der Waals surface area contributed by atoms with Crippen LogP contribution >= 0.6 is 0 Å². The molecule has 2 aromatic rings. The number of rotatable bonds is 19. The number of benzene rings is 2. The van der Waals surface area contributed by atoms with E-state index < -0.39 is 24.1 Å². The molecule has 0 saturated heterocycles. The standard InChI is InChI=1S/C32H46N4O6/c1-24(2)28(21-37)33-18-12-4-5-13-19-34-29(30(38)36-32(40)42-23-27-16-10-7-11-17-27)25(3)20-35-31(39)41-22-26-14-8-6-9-15-26/h6-11,14-17,21,24-25,28-29,33-34H,4-5,12-13,18-20,22-23H2,1-3H3,(H,35,39)(H,36,38,40)/t25?,28-,29+/m1/s1. The molecule has 0 spiro atoms. The monoisotopic (exact) mass is 582 g/mol. The molecule has 2 rings (SSSR count). The second kappa shape index (κ2) is 20.2. The first-order chi connectivity index (χ1) is 20.3. The first-order valence-electron chi connectivity index (χ1n) is 14.7. The van der Waals surface area contributed by atoms with Gasteiger partial charge in [-0.3, -0.25) is 10.1 Å². The Bertz CT molecular complexity index is 1070. The van der Waals surface area contributed by atoms with Gasteiger partial charge < -0.3 is 30.2 Å². The molecule has 230 valence electrons. The minimum Gasteiger partial charge on any atom is -0.445 e. The van der Waals surface area contributed by atoms with Crippen LogP contribution in [-0.4, -0.2) is 56.1 Å². The van der Waals surface area contributed by atoms with Gasteiger partial charge in [0.05, 0.1) is 12.1 Å². The van der Waals surface area contributed by atoms with Gasteiger partial charge in [-0.15, -0.1) is 0 Å². The Labute approximate surface area is 249 Å². The van der Waals surface area contributed by atoms with Gasteiger partial charge in [0.1, 0.15) is 19.5 Å². The molecule has 3 atom stereocenters. The molecule has 42 heavy (non-hydrogen) atoms. The third-order valence-corrected chi connectivity index (χ3v) is 6.78. The molecule has 10 nitrogen and oxygen atoms in total. The van der Waals surface area contributed by atoms with E-state index in [1.54, 1.807) is 0 Å². The molecule has 4 N–H and O–H groups in total. The molecule has 0 saturated carbocycles. The van der Waals surface area contributed by atoms with E-state index in [4.69, 9.17) is 9.47 Å². The Balaban J connectivity index is 1.81. The minimum absolute atomic E-state index is 0.0437. The molecule has 0 bridgehead atoms. The van der Waals surface area contributed by atoms with E-state index in [1.165, 1.54) is 0 Å². The van der Waals surface area contributed by atoms with Crippen LogP contribution in [0, 0.1) is 11.8 Å². The van der Waals surface area contributed by atoms with E-state index in [-0.39, 0.29) is 37.6 Å². The van der Waals surface area contributed by atoms with Crippen molar-refractivity contribution < 1.29 is 28.7 Å². The zero-order chi connectivity index (χ0) is 30.6. The van der Waals surface area contributed by atoms with Crippen LogP contribution in [-0.2, 0) is 32.3 Å². The fourth-order valence-electron chi connectivity index (χ4n) is 4.20. The lowest BCUT2D eigenvalue weighted by molar-refractivity contribution is -0.123. The van der Waals surface area contributed by atoms with Crippen molar-refractivity contribution in [2.75, 3.05) is 19.6 Å². The molecular weight excluding hydrogens is 536 g/mol. The van der Waals surface area contributed by atoms with Gasteiger partial charge in [-0.25, -0.2) is 9.59 Å². The number of carbonyl (C=O) groups is 4. The summed E-state index contributed by atoms with van der Waals surface area (Å²) in [7, 11) is 0. The van der Waals surface area contributed by atoms with Crippen LogP contribution in [0.25, 0.3) is 0 Å². The van der Waals surface area contributed by atoms with Gasteiger partial charge in [0.15, 0.2) is 0 Å². The average Bonchev–Trinajstić information content (AvgIpc) is 2.99. The first kappa shape index (κ1) is 34.4. The normalized spacial score (nSPS) is 13.0. The van der Waals surface area contributed by atoms with E-state index >= 15 is 0 Å². The van der Waals surface area contributed by atoms with Gasteiger partial charge in [-0.2, -0.15) is 0 Å². The van der Waals surface area contributed by atoms with E-state index in [2.05, 4.69) is 21.3 Å². The molecule has 0 heterocycles. The number of carbonyl (C=O) groups excluding carboxylic acids is 4. The summed E-state index contributed by atoms with van der Waals surface area (Å²) in [4.78, 5) is 48.7.